The van der Waals surface area contributed by atoms with Crippen molar-refractivity contribution in [3.63, 3.8) is 0 Å². The third-order valence-corrected chi connectivity index (χ3v) is 9.28. The molecule has 1 heterocycles. The van der Waals surface area contributed by atoms with Crippen molar-refractivity contribution in [2.75, 3.05) is 13.2 Å². The number of rotatable bonds is 31. The molecule has 0 radical (unpaired) electrons. The lowest BCUT2D eigenvalue weighted by molar-refractivity contribution is -0.302. The van der Waals surface area contributed by atoms with Crippen molar-refractivity contribution in [1.82, 2.24) is 5.32 Å². The molecule has 282 valence electrons. The van der Waals surface area contributed by atoms with Crippen LogP contribution in [0.15, 0.2) is 24.3 Å². The van der Waals surface area contributed by atoms with Gasteiger partial charge in [0.2, 0.25) is 5.91 Å². The molecule has 0 aromatic heterocycles. The monoisotopic (exact) mass is 684 g/mol. The quantitative estimate of drug-likeness (QED) is 0.0346. The molecule has 1 amide bonds. The number of carbonyl (C=O) groups excluding carboxylic acids is 1. The minimum atomic E-state index is -1.57. The molecule has 0 bridgehead atoms. The summed E-state index contributed by atoms with van der Waals surface area (Å²) in [6, 6.07) is -0.813. The summed E-state index contributed by atoms with van der Waals surface area (Å²) in [7, 11) is 0. The Kier molecular flexibility index (Phi) is 28.4. The van der Waals surface area contributed by atoms with E-state index in [1.54, 1.807) is 6.08 Å². The Morgan fingerprint density at radius 3 is 1.75 bits per heavy atom. The molecule has 1 fully saturated rings. The second kappa shape index (κ2) is 30.5. The summed E-state index contributed by atoms with van der Waals surface area (Å²) in [6.45, 7) is 3.71. The lowest BCUT2D eigenvalue weighted by atomic mass is 9.99. The Hall–Kier alpha value is -1.33. The highest BCUT2D eigenvalue weighted by molar-refractivity contribution is 5.76. The van der Waals surface area contributed by atoms with E-state index in [4.69, 9.17) is 9.47 Å². The Labute approximate surface area is 292 Å². The van der Waals surface area contributed by atoms with Crippen LogP contribution < -0.4 is 5.32 Å². The number of unbranched alkanes of at least 4 members (excludes halogenated alkanes) is 19. The fourth-order valence-electron chi connectivity index (χ4n) is 6.05. The maximum atomic E-state index is 12.8. The van der Waals surface area contributed by atoms with Crippen molar-refractivity contribution in [3.05, 3.63) is 24.3 Å². The highest BCUT2D eigenvalue weighted by atomic mass is 16.7. The van der Waals surface area contributed by atoms with Gasteiger partial charge in [-0.1, -0.05) is 147 Å². The molecule has 0 aliphatic carbocycles. The number of amides is 1. The molecule has 0 aromatic carbocycles. The third kappa shape index (κ3) is 21.7. The van der Waals surface area contributed by atoms with Gasteiger partial charge in [0.1, 0.15) is 24.4 Å². The largest absolute Gasteiger partial charge is 0.394 e. The van der Waals surface area contributed by atoms with Gasteiger partial charge in [-0.3, -0.25) is 4.79 Å². The predicted octanol–water partition coefficient (Wildman–Crippen LogP) is 6.77. The number of hydrogen-bond acceptors (Lipinski definition) is 8. The number of aliphatic hydroxyl groups is 5. The van der Waals surface area contributed by atoms with Gasteiger partial charge in [0.15, 0.2) is 6.29 Å². The van der Waals surface area contributed by atoms with Crippen LogP contribution in [0.25, 0.3) is 0 Å². The van der Waals surface area contributed by atoms with Crippen LogP contribution in [0.3, 0.4) is 0 Å². The third-order valence-electron chi connectivity index (χ3n) is 9.28. The van der Waals surface area contributed by atoms with Gasteiger partial charge in [0, 0.05) is 6.42 Å². The first-order chi connectivity index (χ1) is 23.3. The van der Waals surface area contributed by atoms with Gasteiger partial charge in [0.05, 0.1) is 25.4 Å². The van der Waals surface area contributed by atoms with Gasteiger partial charge in [-0.15, -0.1) is 0 Å². The van der Waals surface area contributed by atoms with E-state index in [1.165, 1.54) is 103 Å². The number of ether oxygens (including phenoxy) is 2. The van der Waals surface area contributed by atoms with Gasteiger partial charge in [0.25, 0.3) is 0 Å². The fourth-order valence-corrected chi connectivity index (χ4v) is 6.05. The molecule has 6 N–H and O–H groups in total. The topological polar surface area (TPSA) is 149 Å². The van der Waals surface area contributed by atoms with E-state index in [1.807, 2.05) is 6.08 Å². The van der Waals surface area contributed by atoms with Crippen LogP contribution in [0, 0.1) is 0 Å². The summed E-state index contributed by atoms with van der Waals surface area (Å²) >= 11 is 0. The second-order valence-electron chi connectivity index (χ2n) is 13.7. The number of nitrogens with one attached hydrogen (secondary N) is 1. The minimum absolute atomic E-state index is 0.189. The summed E-state index contributed by atoms with van der Waals surface area (Å²) in [4.78, 5) is 12.8. The summed E-state index contributed by atoms with van der Waals surface area (Å²) in [5.41, 5.74) is 0. The van der Waals surface area contributed by atoms with Gasteiger partial charge >= 0.3 is 0 Å². The van der Waals surface area contributed by atoms with E-state index in [0.717, 1.165) is 38.5 Å². The molecule has 1 rings (SSSR count). The van der Waals surface area contributed by atoms with Gasteiger partial charge < -0.3 is 40.3 Å². The molecule has 48 heavy (non-hydrogen) atoms. The van der Waals surface area contributed by atoms with Crippen molar-refractivity contribution in [2.45, 2.75) is 204 Å². The number of hydrogen-bond donors (Lipinski definition) is 6. The Bertz CT molecular complexity index is 807. The molecule has 7 unspecified atom stereocenters. The molecule has 1 saturated heterocycles. The Morgan fingerprint density at radius 1 is 0.688 bits per heavy atom. The van der Waals surface area contributed by atoms with Crippen LogP contribution in [-0.4, -0.2) is 87.5 Å². The second-order valence-corrected chi connectivity index (χ2v) is 13.7. The Morgan fingerprint density at radius 2 is 1.19 bits per heavy atom. The highest BCUT2D eigenvalue weighted by Gasteiger charge is 2.44. The summed E-state index contributed by atoms with van der Waals surface area (Å²) < 4.78 is 11.1. The van der Waals surface area contributed by atoms with Gasteiger partial charge in [-0.25, -0.2) is 0 Å². The van der Waals surface area contributed by atoms with E-state index < -0.39 is 49.5 Å². The van der Waals surface area contributed by atoms with E-state index in [0.29, 0.717) is 6.42 Å². The van der Waals surface area contributed by atoms with Crippen LogP contribution in [0.2, 0.25) is 0 Å². The molecule has 9 heteroatoms. The fraction of sp³-hybridized carbons (Fsp3) is 0.872. The van der Waals surface area contributed by atoms with Crippen molar-refractivity contribution in [1.29, 1.82) is 0 Å². The van der Waals surface area contributed by atoms with Gasteiger partial charge in [-0.2, -0.15) is 0 Å². The van der Waals surface area contributed by atoms with Crippen LogP contribution in [0.4, 0.5) is 0 Å². The number of allylic oxidation sites excluding steroid dienone is 3. The van der Waals surface area contributed by atoms with E-state index in [-0.39, 0.29) is 12.5 Å². The average Bonchev–Trinajstić information content (AvgIpc) is 3.08. The standard InChI is InChI=1S/C39H73NO8/c1-3-5-7-9-11-13-15-16-17-19-21-23-25-27-29-35(43)40-32(31-47-39-38(46)37(45)36(44)34(30-41)48-39)33(42)28-26-24-22-20-18-14-12-10-8-6-4-2/h18,20,26,28,32-34,36-39,41-42,44-46H,3-17,19,21-25,27,29-31H2,1-2H3,(H,40,43)/b20-18+,28-26+. The molecular formula is C39H73NO8. The summed E-state index contributed by atoms with van der Waals surface area (Å²) in [6.07, 6.45) is 26.5. The molecule has 0 spiro atoms. The molecular weight excluding hydrogens is 610 g/mol. The highest BCUT2D eigenvalue weighted by Crippen LogP contribution is 2.22. The zero-order valence-electron chi connectivity index (χ0n) is 30.5. The molecule has 1 aliphatic heterocycles. The molecule has 0 aromatic rings. The number of carbonyl (C=O) groups is 1. The normalized spacial score (nSPS) is 22.9. The van der Waals surface area contributed by atoms with Crippen LogP contribution >= 0.6 is 0 Å². The van der Waals surface area contributed by atoms with E-state index in [9.17, 15) is 30.3 Å². The van der Waals surface area contributed by atoms with Crippen LogP contribution in [0.1, 0.15) is 162 Å². The lowest BCUT2D eigenvalue weighted by Crippen LogP contribution is -2.60. The SMILES string of the molecule is CCCCCCC/C=C/CC/C=C/C(O)C(COC1OC(CO)C(O)C(O)C1O)NC(=O)CCCCCCCCCCCCCCCC. The molecule has 7 atom stereocenters. The minimum Gasteiger partial charge on any atom is -0.394 e. The first-order valence-electron chi connectivity index (χ1n) is 19.6. The zero-order chi connectivity index (χ0) is 35.2. The first kappa shape index (κ1) is 44.7. The van der Waals surface area contributed by atoms with E-state index >= 15 is 0 Å². The summed E-state index contributed by atoms with van der Waals surface area (Å²) in [5, 5.41) is 53.8. The molecule has 9 nitrogen and oxygen atoms in total. The number of aliphatic hydroxyl groups excluding tert-OH is 5. The predicted molar refractivity (Wildman–Crippen MR) is 193 cm³/mol. The molecule has 1 aliphatic rings. The van der Waals surface area contributed by atoms with Crippen molar-refractivity contribution in [2.24, 2.45) is 0 Å². The van der Waals surface area contributed by atoms with Crippen molar-refractivity contribution >= 4 is 5.91 Å². The summed E-state index contributed by atoms with van der Waals surface area (Å²) in [5.74, 6) is -0.189. The Balaban J connectivity index is 2.46. The van der Waals surface area contributed by atoms with E-state index in [2.05, 4.69) is 31.3 Å². The van der Waals surface area contributed by atoms with Crippen molar-refractivity contribution < 1.29 is 39.8 Å². The van der Waals surface area contributed by atoms with Crippen molar-refractivity contribution in [3.8, 4) is 0 Å². The zero-order valence-corrected chi connectivity index (χ0v) is 30.5. The lowest BCUT2D eigenvalue weighted by Gasteiger charge is -2.40. The maximum Gasteiger partial charge on any atom is 0.220 e. The maximum absolute atomic E-state index is 12.8. The van der Waals surface area contributed by atoms with Crippen LogP contribution in [0.5, 0.6) is 0 Å². The average molecular weight is 684 g/mol. The smallest absolute Gasteiger partial charge is 0.220 e. The first-order valence-corrected chi connectivity index (χ1v) is 19.6. The van der Waals surface area contributed by atoms with Gasteiger partial charge in [-0.05, 0) is 32.1 Å². The molecule has 0 saturated carbocycles. The van der Waals surface area contributed by atoms with Crippen LogP contribution in [-0.2, 0) is 14.3 Å².